The normalized spacial score (nSPS) is 16.6. The summed E-state index contributed by atoms with van der Waals surface area (Å²) in [7, 11) is 0. The summed E-state index contributed by atoms with van der Waals surface area (Å²) in [5, 5.41) is 8.11. The SMILES string of the molecule is Cc1nn(CCC(=O)N[C@H]2CCOc3ccccc32)c(C)c1Cl. The Kier molecular flexibility index (Phi) is 4.57. The number of hydrogen-bond donors (Lipinski definition) is 1. The van der Waals surface area contributed by atoms with Gasteiger partial charge in [0.15, 0.2) is 0 Å². The second-order valence-electron chi connectivity index (χ2n) is 5.75. The van der Waals surface area contributed by atoms with Crippen LogP contribution in [0.25, 0.3) is 0 Å². The summed E-state index contributed by atoms with van der Waals surface area (Å²) in [5.41, 5.74) is 2.73. The summed E-state index contributed by atoms with van der Waals surface area (Å²) >= 11 is 6.13. The second kappa shape index (κ2) is 6.62. The van der Waals surface area contributed by atoms with Crippen molar-refractivity contribution in [3.05, 3.63) is 46.2 Å². The van der Waals surface area contributed by atoms with Gasteiger partial charge < -0.3 is 10.1 Å². The number of fused-ring (bicyclic) bond motifs is 1. The number of amides is 1. The highest BCUT2D eigenvalue weighted by Gasteiger charge is 2.22. The number of halogens is 1. The maximum atomic E-state index is 12.3. The number of nitrogens with zero attached hydrogens (tertiary/aromatic N) is 2. The number of para-hydroxylation sites is 1. The van der Waals surface area contributed by atoms with Crippen LogP contribution in [0.15, 0.2) is 24.3 Å². The van der Waals surface area contributed by atoms with Gasteiger partial charge in [-0.3, -0.25) is 9.48 Å². The van der Waals surface area contributed by atoms with E-state index in [-0.39, 0.29) is 11.9 Å². The van der Waals surface area contributed by atoms with Crippen LogP contribution in [-0.2, 0) is 11.3 Å². The van der Waals surface area contributed by atoms with E-state index < -0.39 is 0 Å². The Bertz CT molecular complexity index is 727. The number of ether oxygens (including phenoxy) is 1. The van der Waals surface area contributed by atoms with Gasteiger partial charge in [-0.25, -0.2) is 0 Å². The van der Waals surface area contributed by atoms with Crippen molar-refractivity contribution in [1.29, 1.82) is 0 Å². The lowest BCUT2D eigenvalue weighted by Crippen LogP contribution is -2.32. The molecular formula is C17H20ClN3O2. The maximum absolute atomic E-state index is 12.3. The smallest absolute Gasteiger partial charge is 0.222 e. The number of aromatic nitrogens is 2. The summed E-state index contributed by atoms with van der Waals surface area (Å²) in [6, 6.07) is 7.85. The molecule has 1 aliphatic rings. The number of rotatable bonds is 4. The molecule has 0 radical (unpaired) electrons. The van der Waals surface area contributed by atoms with E-state index in [0.717, 1.165) is 29.1 Å². The van der Waals surface area contributed by atoms with E-state index in [4.69, 9.17) is 16.3 Å². The molecule has 0 bridgehead atoms. The minimum Gasteiger partial charge on any atom is -0.493 e. The predicted octanol–water partition coefficient (Wildman–Crippen LogP) is 3.18. The van der Waals surface area contributed by atoms with Crippen molar-refractivity contribution in [1.82, 2.24) is 15.1 Å². The fourth-order valence-electron chi connectivity index (χ4n) is 2.86. The fraction of sp³-hybridized carbons (Fsp3) is 0.412. The number of aryl methyl sites for hydroxylation is 2. The van der Waals surface area contributed by atoms with Crippen LogP contribution >= 0.6 is 11.6 Å². The molecule has 1 aromatic heterocycles. The van der Waals surface area contributed by atoms with Crippen LogP contribution in [0.2, 0.25) is 5.02 Å². The van der Waals surface area contributed by atoms with Gasteiger partial charge in [-0.2, -0.15) is 5.10 Å². The van der Waals surface area contributed by atoms with Crippen molar-refractivity contribution in [2.45, 2.75) is 39.3 Å². The van der Waals surface area contributed by atoms with Crippen LogP contribution < -0.4 is 10.1 Å². The first-order valence-corrected chi connectivity index (χ1v) is 8.14. The Balaban J connectivity index is 1.61. The average Bonchev–Trinajstić information content (AvgIpc) is 2.80. The molecule has 1 aromatic carbocycles. The molecule has 2 aromatic rings. The van der Waals surface area contributed by atoms with Crippen molar-refractivity contribution < 1.29 is 9.53 Å². The van der Waals surface area contributed by atoms with Crippen molar-refractivity contribution in [3.63, 3.8) is 0 Å². The molecule has 1 atom stereocenters. The minimum atomic E-state index is 0.00961. The molecule has 2 heterocycles. The number of nitrogens with one attached hydrogen (secondary N) is 1. The van der Waals surface area contributed by atoms with Crippen molar-refractivity contribution >= 4 is 17.5 Å². The maximum Gasteiger partial charge on any atom is 0.222 e. The van der Waals surface area contributed by atoms with E-state index in [9.17, 15) is 4.79 Å². The zero-order valence-corrected chi connectivity index (χ0v) is 14.1. The Morgan fingerprint density at radius 2 is 2.22 bits per heavy atom. The lowest BCUT2D eigenvalue weighted by molar-refractivity contribution is -0.122. The zero-order valence-electron chi connectivity index (χ0n) is 13.3. The third-order valence-electron chi connectivity index (χ3n) is 4.14. The van der Waals surface area contributed by atoms with E-state index in [0.29, 0.717) is 24.6 Å². The molecule has 0 saturated heterocycles. The first-order chi connectivity index (χ1) is 11.1. The lowest BCUT2D eigenvalue weighted by Gasteiger charge is -2.26. The summed E-state index contributed by atoms with van der Waals surface area (Å²) in [6.07, 6.45) is 1.16. The molecule has 1 aliphatic heterocycles. The van der Waals surface area contributed by atoms with Gasteiger partial charge in [0.05, 0.1) is 35.6 Å². The molecule has 0 unspecified atom stereocenters. The third kappa shape index (κ3) is 3.34. The van der Waals surface area contributed by atoms with Crippen LogP contribution in [0.3, 0.4) is 0 Å². The monoisotopic (exact) mass is 333 g/mol. The molecule has 1 amide bonds. The largest absolute Gasteiger partial charge is 0.493 e. The first-order valence-electron chi connectivity index (χ1n) is 7.77. The van der Waals surface area contributed by atoms with E-state index >= 15 is 0 Å². The molecule has 122 valence electrons. The Morgan fingerprint density at radius 3 is 2.96 bits per heavy atom. The summed E-state index contributed by atoms with van der Waals surface area (Å²) in [4.78, 5) is 12.3. The van der Waals surface area contributed by atoms with Crippen LogP contribution in [0.5, 0.6) is 5.75 Å². The van der Waals surface area contributed by atoms with Crippen LogP contribution in [-0.4, -0.2) is 22.3 Å². The average molecular weight is 334 g/mol. The van der Waals surface area contributed by atoms with Crippen molar-refractivity contribution in [3.8, 4) is 5.75 Å². The number of hydrogen-bond acceptors (Lipinski definition) is 3. The van der Waals surface area contributed by atoms with Crippen molar-refractivity contribution in [2.24, 2.45) is 0 Å². The molecule has 1 N–H and O–H groups in total. The molecule has 0 fully saturated rings. The zero-order chi connectivity index (χ0) is 16.4. The number of benzene rings is 1. The van der Waals surface area contributed by atoms with Crippen LogP contribution in [0.1, 0.15) is 35.8 Å². The topological polar surface area (TPSA) is 56.2 Å². The highest BCUT2D eigenvalue weighted by molar-refractivity contribution is 6.31. The molecule has 0 saturated carbocycles. The van der Waals surface area contributed by atoms with E-state index in [1.165, 1.54) is 0 Å². The van der Waals surface area contributed by atoms with Gasteiger partial charge in [0.25, 0.3) is 0 Å². The van der Waals surface area contributed by atoms with E-state index in [2.05, 4.69) is 10.4 Å². The van der Waals surface area contributed by atoms with Crippen LogP contribution in [0, 0.1) is 13.8 Å². The predicted molar refractivity (Wildman–Crippen MR) is 88.8 cm³/mol. The molecule has 5 nitrogen and oxygen atoms in total. The third-order valence-corrected chi connectivity index (χ3v) is 4.68. The van der Waals surface area contributed by atoms with Gasteiger partial charge in [0, 0.05) is 18.4 Å². The summed E-state index contributed by atoms with van der Waals surface area (Å²) < 4.78 is 7.40. The standard InChI is InChI=1S/C17H20ClN3O2/c1-11-17(18)12(2)21(20-11)9-7-16(22)19-14-8-10-23-15-6-4-3-5-13(14)15/h3-6,14H,7-10H2,1-2H3,(H,19,22)/t14-/m0/s1. The number of carbonyl (C=O) groups excluding carboxylic acids is 1. The molecule has 0 spiro atoms. The molecular weight excluding hydrogens is 314 g/mol. The highest BCUT2D eigenvalue weighted by atomic mass is 35.5. The second-order valence-corrected chi connectivity index (χ2v) is 6.13. The van der Waals surface area contributed by atoms with Gasteiger partial charge in [-0.05, 0) is 19.9 Å². The Labute approximate surface area is 140 Å². The van der Waals surface area contributed by atoms with Gasteiger partial charge in [-0.1, -0.05) is 29.8 Å². The van der Waals surface area contributed by atoms with Gasteiger partial charge in [0.2, 0.25) is 5.91 Å². The Hall–Kier alpha value is -2.01. The quantitative estimate of drug-likeness (QED) is 0.935. The molecule has 6 heteroatoms. The Morgan fingerprint density at radius 1 is 1.43 bits per heavy atom. The molecule has 3 rings (SSSR count). The van der Waals surface area contributed by atoms with Crippen molar-refractivity contribution in [2.75, 3.05) is 6.61 Å². The first kappa shape index (κ1) is 15.9. The number of carbonyl (C=O) groups is 1. The van der Waals surface area contributed by atoms with Gasteiger partial charge in [0.1, 0.15) is 5.75 Å². The highest BCUT2D eigenvalue weighted by Crippen LogP contribution is 2.31. The summed E-state index contributed by atoms with van der Waals surface area (Å²) in [6.45, 7) is 4.92. The summed E-state index contributed by atoms with van der Waals surface area (Å²) in [5.74, 6) is 0.866. The molecule has 23 heavy (non-hydrogen) atoms. The van der Waals surface area contributed by atoms with Gasteiger partial charge >= 0.3 is 0 Å². The van der Waals surface area contributed by atoms with Crippen LogP contribution in [0.4, 0.5) is 0 Å². The van der Waals surface area contributed by atoms with E-state index in [1.807, 2.05) is 38.1 Å². The lowest BCUT2D eigenvalue weighted by atomic mass is 10.0. The molecule has 0 aliphatic carbocycles. The minimum absolute atomic E-state index is 0.00961. The fourth-order valence-corrected chi connectivity index (χ4v) is 2.99. The van der Waals surface area contributed by atoms with Gasteiger partial charge in [-0.15, -0.1) is 0 Å². The van der Waals surface area contributed by atoms with E-state index in [1.54, 1.807) is 4.68 Å².